The van der Waals surface area contributed by atoms with Gasteiger partial charge in [0.25, 0.3) is 0 Å². The lowest BCUT2D eigenvalue weighted by Crippen LogP contribution is -2.51. The second kappa shape index (κ2) is 10.9. The van der Waals surface area contributed by atoms with E-state index in [1.54, 1.807) is 24.5 Å². The topological polar surface area (TPSA) is 101 Å². The van der Waals surface area contributed by atoms with Crippen LogP contribution in [-0.4, -0.2) is 94.2 Å². The molecule has 2 atom stereocenters. The first kappa shape index (κ1) is 27.6. The fourth-order valence-corrected chi connectivity index (χ4v) is 7.17. The molecule has 4 fully saturated rings. The number of piperazine rings is 1. The second-order valence-corrected chi connectivity index (χ2v) is 12.9. The Labute approximate surface area is 255 Å². The molecule has 228 valence electrons. The Hall–Kier alpha value is -3.98. The smallest absolute Gasteiger partial charge is 0.247 e. The van der Waals surface area contributed by atoms with Crippen molar-refractivity contribution in [3.8, 4) is 24.0 Å². The number of halogens is 1. The summed E-state index contributed by atoms with van der Waals surface area (Å²) < 4.78 is 28.8. The molecule has 4 aliphatic rings. The first-order valence-electron chi connectivity index (χ1n) is 15.5. The maximum absolute atomic E-state index is 14.8. The summed E-state index contributed by atoms with van der Waals surface area (Å²) in [6.07, 6.45) is 12.0. The van der Waals surface area contributed by atoms with Crippen molar-refractivity contribution in [1.82, 2.24) is 29.7 Å². The molecule has 4 aromatic rings. The van der Waals surface area contributed by atoms with E-state index in [0.29, 0.717) is 58.0 Å². The molecule has 0 radical (unpaired) electrons. The predicted molar refractivity (Wildman–Crippen MR) is 165 cm³/mol. The van der Waals surface area contributed by atoms with Gasteiger partial charge in [-0.1, -0.05) is 12.0 Å². The van der Waals surface area contributed by atoms with E-state index in [1.165, 1.54) is 6.07 Å². The molecule has 5 heterocycles. The number of benzene rings is 2. The Morgan fingerprint density at radius 1 is 1.14 bits per heavy atom. The summed E-state index contributed by atoms with van der Waals surface area (Å²) in [5, 5.41) is 15.5. The second-order valence-electron chi connectivity index (χ2n) is 12.9. The average molecular weight is 598 g/mol. The maximum Gasteiger partial charge on any atom is 0.247 e. The molecule has 44 heavy (non-hydrogen) atoms. The lowest BCUT2D eigenvalue weighted by molar-refractivity contribution is 0.0234. The van der Waals surface area contributed by atoms with Crippen LogP contribution in [0.3, 0.4) is 0 Å². The molecule has 1 saturated carbocycles. The van der Waals surface area contributed by atoms with Crippen LogP contribution < -0.4 is 15.0 Å². The van der Waals surface area contributed by atoms with E-state index in [0.717, 1.165) is 71.6 Å². The van der Waals surface area contributed by atoms with Crippen molar-refractivity contribution in [2.24, 2.45) is 5.41 Å². The van der Waals surface area contributed by atoms with Gasteiger partial charge >= 0.3 is 0 Å². The lowest BCUT2D eigenvalue weighted by Gasteiger charge is -2.33. The van der Waals surface area contributed by atoms with Crippen LogP contribution in [0.15, 0.2) is 30.6 Å². The summed E-state index contributed by atoms with van der Waals surface area (Å²) in [4.78, 5) is 19.4. The standard InChI is InChI=1S/C33H36FN7O3/c1-2-26-27(34)6-3-21-13-25(42)14-22(28(21)26)15-41-20-35-29-30(41)37-32(40-16-23-4-5-24(17-40)36-23)38-31(29)44-19-33(7-8-33)18-39-9-11-43-12-10-39/h1,3,6,13-14,20,23-24,36,42H,4-5,7-12,15-19H2. The van der Waals surface area contributed by atoms with Gasteiger partial charge in [-0.05, 0) is 54.8 Å². The summed E-state index contributed by atoms with van der Waals surface area (Å²) in [6.45, 7) is 6.97. The molecular formula is C33H36FN7O3. The number of anilines is 1. The minimum Gasteiger partial charge on any atom is -0.508 e. The number of terminal acetylenes is 1. The molecule has 8 rings (SSSR count). The maximum atomic E-state index is 14.8. The molecular weight excluding hydrogens is 561 g/mol. The summed E-state index contributed by atoms with van der Waals surface area (Å²) in [7, 11) is 0. The minimum absolute atomic E-state index is 0.0807. The van der Waals surface area contributed by atoms with Crippen LogP contribution in [0.5, 0.6) is 11.6 Å². The van der Waals surface area contributed by atoms with E-state index < -0.39 is 5.82 Å². The predicted octanol–water partition coefficient (Wildman–Crippen LogP) is 3.29. The zero-order chi connectivity index (χ0) is 29.8. The van der Waals surface area contributed by atoms with Gasteiger partial charge in [-0.3, -0.25) is 4.90 Å². The molecule has 2 aromatic heterocycles. The third-order valence-corrected chi connectivity index (χ3v) is 9.67. The van der Waals surface area contributed by atoms with Crippen molar-refractivity contribution in [2.75, 3.05) is 57.4 Å². The van der Waals surface area contributed by atoms with Crippen molar-refractivity contribution in [3.05, 3.63) is 47.5 Å². The molecule has 1 aliphatic carbocycles. The molecule has 2 aromatic carbocycles. The Bertz CT molecular complexity index is 1760. The van der Waals surface area contributed by atoms with Gasteiger partial charge < -0.3 is 29.4 Å². The largest absolute Gasteiger partial charge is 0.508 e. The number of aromatic nitrogens is 4. The van der Waals surface area contributed by atoms with Gasteiger partial charge in [-0.25, -0.2) is 9.37 Å². The number of nitrogens with zero attached hydrogens (tertiary/aromatic N) is 6. The van der Waals surface area contributed by atoms with E-state index in [9.17, 15) is 9.50 Å². The van der Waals surface area contributed by atoms with Gasteiger partial charge in [0.05, 0.1) is 38.3 Å². The van der Waals surface area contributed by atoms with Crippen LogP contribution in [-0.2, 0) is 11.3 Å². The number of nitrogens with one attached hydrogen (secondary N) is 1. The summed E-state index contributed by atoms with van der Waals surface area (Å²) in [5.74, 6) is 3.23. The number of ether oxygens (including phenoxy) is 2. The monoisotopic (exact) mass is 597 g/mol. The van der Waals surface area contributed by atoms with E-state index >= 15 is 0 Å². The molecule has 0 amide bonds. The highest BCUT2D eigenvalue weighted by molar-refractivity contribution is 5.92. The number of aromatic hydroxyl groups is 1. The number of fused-ring (bicyclic) bond motifs is 4. The zero-order valence-electron chi connectivity index (χ0n) is 24.6. The summed E-state index contributed by atoms with van der Waals surface area (Å²) in [6, 6.07) is 7.03. The van der Waals surface area contributed by atoms with Gasteiger partial charge in [-0.15, -0.1) is 6.42 Å². The molecule has 0 spiro atoms. The van der Waals surface area contributed by atoms with Crippen molar-refractivity contribution in [1.29, 1.82) is 0 Å². The van der Waals surface area contributed by atoms with Gasteiger partial charge in [0.1, 0.15) is 11.6 Å². The first-order valence-corrected chi connectivity index (χ1v) is 15.5. The van der Waals surface area contributed by atoms with Gasteiger partial charge in [0, 0.05) is 55.6 Å². The molecule has 3 aliphatic heterocycles. The SMILES string of the molecule is C#Cc1c(F)ccc2cc(O)cc(Cn3cnc4c(OCC5(CN6CCOCC6)CC5)nc(N5CC6CCC(C5)N6)nc43)c12. The zero-order valence-corrected chi connectivity index (χ0v) is 24.6. The number of phenolic OH excluding ortho intramolecular Hbond substituents is 1. The van der Waals surface area contributed by atoms with Gasteiger partial charge in [0.2, 0.25) is 11.8 Å². The number of rotatable bonds is 8. The van der Waals surface area contributed by atoms with E-state index in [2.05, 4.69) is 21.0 Å². The van der Waals surface area contributed by atoms with Crippen LogP contribution in [0.2, 0.25) is 0 Å². The Kier molecular flexibility index (Phi) is 6.81. The van der Waals surface area contributed by atoms with E-state index in [4.69, 9.17) is 30.8 Å². The van der Waals surface area contributed by atoms with E-state index in [-0.39, 0.29) is 23.3 Å². The molecule has 2 unspecified atom stereocenters. The third-order valence-electron chi connectivity index (χ3n) is 9.67. The molecule has 2 bridgehead atoms. The van der Waals surface area contributed by atoms with Gasteiger partial charge in [0.15, 0.2) is 11.2 Å². The number of imidazole rings is 1. The molecule has 10 nitrogen and oxygen atoms in total. The molecule has 2 N–H and O–H groups in total. The van der Waals surface area contributed by atoms with Gasteiger partial charge in [-0.2, -0.15) is 9.97 Å². The Morgan fingerprint density at radius 2 is 1.93 bits per heavy atom. The molecule has 3 saturated heterocycles. The number of hydrogen-bond donors (Lipinski definition) is 2. The highest BCUT2D eigenvalue weighted by Gasteiger charge is 2.45. The summed E-state index contributed by atoms with van der Waals surface area (Å²) >= 11 is 0. The average Bonchev–Trinajstić information content (AvgIpc) is 3.54. The Balaban J connectivity index is 1.16. The van der Waals surface area contributed by atoms with Crippen molar-refractivity contribution < 1.29 is 19.0 Å². The van der Waals surface area contributed by atoms with Crippen molar-refractivity contribution in [2.45, 2.75) is 44.3 Å². The van der Waals surface area contributed by atoms with Crippen LogP contribution in [0, 0.1) is 23.6 Å². The minimum atomic E-state index is -0.470. The summed E-state index contributed by atoms with van der Waals surface area (Å²) in [5.41, 5.74) is 2.18. The first-order chi connectivity index (χ1) is 21.5. The fraction of sp³-hybridized carbons (Fsp3) is 0.485. The lowest BCUT2D eigenvalue weighted by atomic mass is 9.98. The van der Waals surface area contributed by atoms with Crippen LogP contribution >= 0.6 is 0 Å². The molecule has 11 heteroatoms. The van der Waals surface area contributed by atoms with Crippen LogP contribution in [0.25, 0.3) is 21.9 Å². The normalized spacial score (nSPS) is 22.9. The van der Waals surface area contributed by atoms with E-state index in [1.807, 2.05) is 4.57 Å². The highest BCUT2D eigenvalue weighted by Crippen LogP contribution is 2.47. The van der Waals surface area contributed by atoms with Crippen molar-refractivity contribution in [3.63, 3.8) is 0 Å². The Morgan fingerprint density at radius 3 is 2.68 bits per heavy atom. The highest BCUT2D eigenvalue weighted by atomic mass is 19.1. The third kappa shape index (κ3) is 5.11. The van der Waals surface area contributed by atoms with Crippen LogP contribution in [0.1, 0.15) is 36.8 Å². The number of phenols is 1. The number of morpholine rings is 1. The number of hydrogen-bond acceptors (Lipinski definition) is 9. The van der Waals surface area contributed by atoms with Crippen molar-refractivity contribution >= 4 is 27.9 Å². The quantitative estimate of drug-likeness (QED) is 0.297. The fourth-order valence-electron chi connectivity index (χ4n) is 7.17. The van der Waals surface area contributed by atoms with Crippen LogP contribution in [0.4, 0.5) is 10.3 Å².